The maximum absolute atomic E-state index is 5.97. The van der Waals surface area contributed by atoms with Crippen LogP contribution in [0.1, 0.15) is 12.6 Å². The molecule has 0 aliphatic carbocycles. The molecule has 5 heteroatoms. The first-order chi connectivity index (χ1) is 9.19. The lowest BCUT2D eigenvalue weighted by atomic mass is 10.1. The molecule has 2 aromatic rings. The molecule has 1 aromatic carbocycles. The Morgan fingerprint density at radius 2 is 2.05 bits per heavy atom. The second-order valence-corrected chi connectivity index (χ2v) is 4.55. The quantitative estimate of drug-likeness (QED) is 0.842. The number of ether oxygens (including phenoxy) is 2. The van der Waals surface area contributed by atoms with E-state index in [-0.39, 0.29) is 0 Å². The summed E-state index contributed by atoms with van der Waals surface area (Å²) >= 11 is 5.97. The highest BCUT2D eigenvalue weighted by Gasteiger charge is 2.13. The third-order valence-corrected chi connectivity index (χ3v) is 3.13. The number of methoxy groups -OCH3 is 2. The maximum Gasteiger partial charge on any atom is 0.129 e. The summed E-state index contributed by atoms with van der Waals surface area (Å²) in [5.41, 5.74) is 2.83. The van der Waals surface area contributed by atoms with Gasteiger partial charge in [-0.2, -0.15) is 5.10 Å². The van der Waals surface area contributed by atoms with Crippen LogP contribution in [0.3, 0.4) is 0 Å². The van der Waals surface area contributed by atoms with Crippen LogP contribution in [0.15, 0.2) is 24.3 Å². The number of hydrogen-bond donors (Lipinski definition) is 0. The van der Waals surface area contributed by atoms with Crippen LogP contribution < -0.4 is 4.74 Å². The lowest BCUT2D eigenvalue weighted by molar-refractivity contribution is 0.177. The third-order valence-electron chi connectivity index (χ3n) is 2.89. The monoisotopic (exact) mass is 280 g/mol. The Labute approximate surface area is 117 Å². The van der Waals surface area contributed by atoms with E-state index in [1.165, 1.54) is 0 Å². The summed E-state index contributed by atoms with van der Waals surface area (Å²) in [5.74, 6) is 0.720. The number of rotatable bonds is 5. The molecule has 1 aromatic heterocycles. The van der Waals surface area contributed by atoms with Crippen molar-refractivity contribution in [2.24, 2.45) is 0 Å². The molecule has 0 atom stereocenters. The summed E-state index contributed by atoms with van der Waals surface area (Å²) in [6.45, 7) is 3.39. The van der Waals surface area contributed by atoms with Crippen LogP contribution in [-0.2, 0) is 17.9 Å². The Balaban J connectivity index is 2.46. The third kappa shape index (κ3) is 2.91. The van der Waals surface area contributed by atoms with Gasteiger partial charge in [-0.3, -0.25) is 4.68 Å². The summed E-state index contributed by atoms with van der Waals surface area (Å²) in [7, 11) is 3.30. The summed E-state index contributed by atoms with van der Waals surface area (Å²) in [5, 5.41) is 5.22. The molecule has 0 spiro atoms. The van der Waals surface area contributed by atoms with Crippen LogP contribution >= 0.6 is 11.6 Å². The van der Waals surface area contributed by atoms with Gasteiger partial charge in [0.1, 0.15) is 5.75 Å². The Hall–Kier alpha value is -1.52. The van der Waals surface area contributed by atoms with Gasteiger partial charge in [-0.05, 0) is 31.2 Å². The summed E-state index contributed by atoms with van der Waals surface area (Å²) in [6, 6.07) is 7.55. The highest BCUT2D eigenvalue weighted by Crippen LogP contribution is 2.32. The average Bonchev–Trinajstić information content (AvgIpc) is 2.82. The number of halogens is 1. The average molecular weight is 281 g/mol. The fourth-order valence-corrected chi connectivity index (χ4v) is 2.16. The van der Waals surface area contributed by atoms with Gasteiger partial charge in [-0.25, -0.2) is 0 Å². The zero-order valence-corrected chi connectivity index (χ0v) is 12.1. The van der Waals surface area contributed by atoms with Gasteiger partial charge >= 0.3 is 0 Å². The Kier molecular flexibility index (Phi) is 4.45. The van der Waals surface area contributed by atoms with Crippen molar-refractivity contribution < 1.29 is 9.47 Å². The number of aromatic nitrogens is 2. The second kappa shape index (κ2) is 6.08. The maximum atomic E-state index is 5.97. The number of nitrogens with zero attached hydrogens (tertiary/aromatic N) is 2. The van der Waals surface area contributed by atoms with Crippen LogP contribution in [0, 0.1) is 0 Å². The summed E-state index contributed by atoms with van der Waals surface area (Å²) in [4.78, 5) is 0. The molecule has 4 nitrogen and oxygen atoms in total. The molecule has 0 aliphatic rings. The molecular formula is C14H17ClN2O2. The van der Waals surface area contributed by atoms with E-state index in [0.29, 0.717) is 11.6 Å². The molecule has 0 fully saturated rings. The number of aryl methyl sites for hydroxylation is 1. The zero-order valence-electron chi connectivity index (χ0n) is 11.3. The number of benzene rings is 1. The molecule has 102 valence electrons. The van der Waals surface area contributed by atoms with Crippen molar-refractivity contribution in [3.05, 3.63) is 35.0 Å². The minimum absolute atomic E-state index is 0.538. The van der Waals surface area contributed by atoms with Crippen LogP contribution in [-0.4, -0.2) is 24.0 Å². The van der Waals surface area contributed by atoms with Crippen molar-refractivity contribution in [3.8, 4) is 17.0 Å². The van der Waals surface area contributed by atoms with Crippen molar-refractivity contribution in [2.45, 2.75) is 20.1 Å². The molecule has 0 saturated carbocycles. The SMILES string of the molecule is CCn1nc(-c2ccc(Cl)cc2OC)cc1COC. The Morgan fingerprint density at radius 1 is 1.26 bits per heavy atom. The van der Waals surface area contributed by atoms with Crippen molar-refractivity contribution >= 4 is 11.6 Å². The van der Waals surface area contributed by atoms with E-state index in [2.05, 4.69) is 12.0 Å². The molecule has 0 saturated heterocycles. The fourth-order valence-electron chi connectivity index (χ4n) is 2.00. The summed E-state index contributed by atoms with van der Waals surface area (Å²) in [6.07, 6.45) is 0. The molecule has 19 heavy (non-hydrogen) atoms. The smallest absolute Gasteiger partial charge is 0.129 e. The predicted molar refractivity (Wildman–Crippen MR) is 75.6 cm³/mol. The first-order valence-corrected chi connectivity index (χ1v) is 6.47. The Morgan fingerprint density at radius 3 is 2.68 bits per heavy atom. The highest BCUT2D eigenvalue weighted by atomic mass is 35.5. The van der Waals surface area contributed by atoms with E-state index >= 15 is 0 Å². The van der Waals surface area contributed by atoms with Gasteiger partial charge in [0.15, 0.2) is 0 Å². The fraction of sp³-hybridized carbons (Fsp3) is 0.357. The predicted octanol–water partition coefficient (Wildman–Crippen LogP) is 3.38. The van der Waals surface area contributed by atoms with E-state index in [9.17, 15) is 0 Å². The molecule has 1 heterocycles. The summed E-state index contributed by atoms with van der Waals surface area (Å²) < 4.78 is 12.5. The van der Waals surface area contributed by atoms with E-state index in [1.54, 1.807) is 20.3 Å². The van der Waals surface area contributed by atoms with Gasteiger partial charge in [0.2, 0.25) is 0 Å². The Bertz CT molecular complexity index is 567. The normalized spacial score (nSPS) is 10.7. The van der Waals surface area contributed by atoms with Gasteiger partial charge in [0.25, 0.3) is 0 Å². The largest absolute Gasteiger partial charge is 0.496 e. The molecular weight excluding hydrogens is 264 g/mol. The number of hydrogen-bond acceptors (Lipinski definition) is 3. The standard InChI is InChI=1S/C14H17ClN2O2/c1-4-17-11(9-18-2)8-13(16-17)12-6-5-10(15)7-14(12)19-3/h5-8H,4,9H2,1-3H3. The van der Waals surface area contributed by atoms with Crippen molar-refractivity contribution in [3.63, 3.8) is 0 Å². The van der Waals surface area contributed by atoms with Gasteiger partial charge in [-0.15, -0.1) is 0 Å². The van der Waals surface area contributed by atoms with E-state index in [0.717, 1.165) is 29.2 Å². The minimum atomic E-state index is 0.538. The second-order valence-electron chi connectivity index (χ2n) is 4.11. The topological polar surface area (TPSA) is 36.3 Å². The minimum Gasteiger partial charge on any atom is -0.496 e. The van der Waals surface area contributed by atoms with Gasteiger partial charge in [-0.1, -0.05) is 11.6 Å². The van der Waals surface area contributed by atoms with Crippen molar-refractivity contribution in [2.75, 3.05) is 14.2 Å². The van der Waals surface area contributed by atoms with Crippen molar-refractivity contribution in [1.29, 1.82) is 0 Å². The molecule has 0 N–H and O–H groups in total. The zero-order chi connectivity index (χ0) is 13.8. The van der Waals surface area contributed by atoms with Gasteiger partial charge in [0.05, 0.1) is 25.1 Å². The molecule has 0 bridgehead atoms. The van der Waals surface area contributed by atoms with E-state index in [4.69, 9.17) is 21.1 Å². The molecule has 2 rings (SSSR count). The molecule has 0 unspecified atom stereocenters. The molecule has 0 amide bonds. The highest BCUT2D eigenvalue weighted by molar-refractivity contribution is 6.30. The van der Waals surface area contributed by atoms with Crippen molar-refractivity contribution in [1.82, 2.24) is 9.78 Å². The van der Waals surface area contributed by atoms with Crippen LogP contribution in [0.2, 0.25) is 5.02 Å². The lowest BCUT2D eigenvalue weighted by Gasteiger charge is -2.06. The van der Waals surface area contributed by atoms with Crippen LogP contribution in [0.25, 0.3) is 11.3 Å². The lowest BCUT2D eigenvalue weighted by Crippen LogP contribution is -2.03. The van der Waals surface area contributed by atoms with E-state index in [1.807, 2.05) is 22.9 Å². The van der Waals surface area contributed by atoms with Crippen LogP contribution in [0.4, 0.5) is 0 Å². The molecule has 0 radical (unpaired) electrons. The van der Waals surface area contributed by atoms with Gasteiger partial charge in [0, 0.05) is 24.2 Å². The molecule has 0 aliphatic heterocycles. The van der Waals surface area contributed by atoms with Gasteiger partial charge < -0.3 is 9.47 Å². The van der Waals surface area contributed by atoms with Crippen LogP contribution in [0.5, 0.6) is 5.75 Å². The first kappa shape index (κ1) is 13.9. The first-order valence-electron chi connectivity index (χ1n) is 6.09. The van der Waals surface area contributed by atoms with E-state index < -0.39 is 0 Å².